The number of nitrogen functional groups attached to an aromatic ring is 1. The predicted octanol–water partition coefficient (Wildman–Crippen LogP) is 3.64. The van der Waals surface area contributed by atoms with E-state index in [-0.39, 0.29) is 6.10 Å². The lowest BCUT2D eigenvalue weighted by atomic mass is 10.2. The second-order valence-electron chi connectivity index (χ2n) is 4.61. The minimum absolute atomic E-state index is 0.0895. The van der Waals surface area contributed by atoms with E-state index < -0.39 is 0 Å². The van der Waals surface area contributed by atoms with E-state index in [0.29, 0.717) is 23.8 Å². The Morgan fingerprint density at radius 2 is 1.63 bits per heavy atom. The lowest BCUT2D eigenvalue weighted by molar-refractivity contribution is 0.241. The minimum atomic E-state index is 0.0895. The van der Waals surface area contributed by atoms with Crippen LogP contribution in [0.15, 0.2) is 48.5 Å². The summed E-state index contributed by atoms with van der Waals surface area (Å²) in [5.74, 6) is 1.32. The minimum Gasteiger partial charge on any atom is -0.489 e. The van der Waals surface area contributed by atoms with Gasteiger partial charge in [-0.15, -0.1) is 0 Å². The maximum atomic E-state index is 6.05. The largest absolute Gasteiger partial charge is 0.489 e. The topological polar surface area (TPSA) is 44.5 Å². The van der Waals surface area contributed by atoms with Crippen molar-refractivity contribution in [3.63, 3.8) is 0 Å². The van der Waals surface area contributed by atoms with E-state index in [1.807, 2.05) is 62.4 Å². The average Bonchev–Trinajstić information content (AvgIpc) is 2.40. The summed E-state index contributed by atoms with van der Waals surface area (Å²) in [5, 5.41) is 0. The molecular weight excluding hydrogens is 238 g/mol. The molecule has 2 N–H and O–H groups in total. The van der Waals surface area contributed by atoms with Crippen LogP contribution >= 0.6 is 0 Å². The molecule has 0 bridgehead atoms. The zero-order valence-electron chi connectivity index (χ0n) is 11.3. The van der Waals surface area contributed by atoms with E-state index in [0.717, 1.165) is 5.56 Å². The zero-order valence-corrected chi connectivity index (χ0v) is 11.3. The number of hydrogen-bond donors (Lipinski definition) is 1. The van der Waals surface area contributed by atoms with Gasteiger partial charge < -0.3 is 15.2 Å². The van der Waals surface area contributed by atoms with Gasteiger partial charge in [0, 0.05) is 0 Å². The third-order valence-electron chi connectivity index (χ3n) is 2.63. The van der Waals surface area contributed by atoms with Crippen LogP contribution in [0.4, 0.5) is 5.69 Å². The molecule has 0 aliphatic heterocycles. The van der Waals surface area contributed by atoms with Crippen molar-refractivity contribution in [3.05, 3.63) is 54.1 Å². The van der Waals surface area contributed by atoms with Crippen LogP contribution in [0.1, 0.15) is 19.4 Å². The number of benzene rings is 2. The Balaban J connectivity index is 2.08. The third-order valence-corrected chi connectivity index (χ3v) is 2.63. The standard InChI is InChI=1S/C16H19NO2/c1-12(2)19-15-10-6-9-14(16(15)17)18-11-13-7-4-3-5-8-13/h3-10,12H,11,17H2,1-2H3. The van der Waals surface area contributed by atoms with Gasteiger partial charge in [0.15, 0.2) is 0 Å². The number of ether oxygens (including phenoxy) is 2. The first-order valence-electron chi connectivity index (χ1n) is 6.38. The molecule has 0 aliphatic rings. The summed E-state index contributed by atoms with van der Waals surface area (Å²) < 4.78 is 11.4. The molecule has 0 saturated heterocycles. The Bertz CT molecular complexity index is 524. The van der Waals surface area contributed by atoms with Crippen molar-refractivity contribution in [3.8, 4) is 11.5 Å². The van der Waals surface area contributed by atoms with Crippen molar-refractivity contribution in [1.29, 1.82) is 0 Å². The van der Waals surface area contributed by atoms with Gasteiger partial charge in [-0.05, 0) is 31.5 Å². The van der Waals surface area contributed by atoms with Gasteiger partial charge in [0.25, 0.3) is 0 Å². The molecule has 0 amide bonds. The van der Waals surface area contributed by atoms with Gasteiger partial charge in [-0.25, -0.2) is 0 Å². The van der Waals surface area contributed by atoms with Gasteiger partial charge in [0.1, 0.15) is 23.8 Å². The van der Waals surface area contributed by atoms with Crippen molar-refractivity contribution in [2.45, 2.75) is 26.6 Å². The molecule has 0 fully saturated rings. The number of rotatable bonds is 5. The maximum absolute atomic E-state index is 6.05. The summed E-state index contributed by atoms with van der Waals surface area (Å²) in [5.41, 5.74) is 7.70. The molecule has 0 radical (unpaired) electrons. The van der Waals surface area contributed by atoms with E-state index in [1.54, 1.807) is 0 Å². The molecule has 19 heavy (non-hydrogen) atoms. The number of anilines is 1. The second kappa shape index (κ2) is 6.14. The van der Waals surface area contributed by atoms with Crippen molar-refractivity contribution in [2.75, 3.05) is 5.73 Å². The quantitative estimate of drug-likeness (QED) is 0.832. The van der Waals surface area contributed by atoms with E-state index in [9.17, 15) is 0 Å². The van der Waals surface area contributed by atoms with Crippen molar-refractivity contribution in [1.82, 2.24) is 0 Å². The molecule has 0 unspecified atom stereocenters. The molecule has 2 rings (SSSR count). The van der Waals surface area contributed by atoms with Crippen LogP contribution in [0.3, 0.4) is 0 Å². The Hall–Kier alpha value is -2.16. The van der Waals surface area contributed by atoms with E-state index in [1.165, 1.54) is 0 Å². The molecule has 0 spiro atoms. The fraction of sp³-hybridized carbons (Fsp3) is 0.250. The third kappa shape index (κ3) is 3.65. The fourth-order valence-electron chi connectivity index (χ4n) is 1.74. The number of para-hydroxylation sites is 1. The molecule has 0 saturated carbocycles. The molecule has 0 aromatic heterocycles. The van der Waals surface area contributed by atoms with E-state index in [4.69, 9.17) is 15.2 Å². The highest BCUT2D eigenvalue weighted by Gasteiger charge is 2.08. The van der Waals surface area contributed by atoms with Crippen LogP contribution in [-0.2, 0) is 6.61 Å². The molecule has 0 heterocycles. The Kier molecular flexibility index (Phi) is 4.29. The second-order valence-corrected chi connectivity index (χ2v) is 4.61. The maximum Gasteiger partial charge on any atom is 0.146 e. The van der Waals surface area contributed by atoms with Crippen LogP contribution in [0.25, 0.3) is 0 Å². The number of nitrogens with two attached hydrogens (primary N) is 1. The molecule has 0 atom stereocenters. The van der Waals surface area contributed by atoms with Crippen LogP contribution in [-0.4, -0.2) is 6.10 Å². The van der Waals surface area contributed by atoms with Gasteiger partial charge in [-0.3, -0.25) is 0 Å². The Morgan fingerprint density at radius 1 is 0.947 bits per heavy atom. The highest BCUT2D eigenvalue weighted by atomic mass is 16.5. The molecule has 2 aromatic carbocycles. The van der Waals surface area contributed by atoms with Gasteiger partial charge in [0.2, 0.25) is 0 Å². The summed E-state index contributed by atoms with van der Waals surface area (Å²) >= 11 is 0. The van der Waals surface area contributed by atoms with Gasteiger partial charge in [-0.2, -0.15) is 0 Å². The van der Waals surface area contributed by atoms with Crippen LogP contribution in [0.5, 0.6) is 11.5 Å². The van der Waals surface area contributed by atoms with Crippen LogP contribution < -0.4 is 15.2 Å². The monoisotopic (exact) mass is 257 g/mol. The van der Waals surface area contributed by atoms with Gasteiger partial charge in [0.05, 0.1) is 6.10 Å². The first kappa shape index (κ1) is 13.3. The highest BCUT2D eigenvalue weighted by Crippen LogP contribution is 2.32. The van der Waals surface area contributed by atoms with Crippen molar-refractivity contribution >= 4 is 5.69 Å². The van der Waals surface area contributed by atoms with Crippen molar-refractivity contribution < 1.29 is 9.47 Å². The molecular formula is C16H19NO2. The van der Waals surface area contributed by atoms with Crippen molar-refractivity contribution in [2.24, 2.45) is 0 Å². The SMILES string of the molecule is CC(C)Oc1cccc(OCc2ccccc2)c1N. The molecule has 100 valence electrons. The van der Waals surface area contributed by atoms with Gasteiger partial charge >= 0.3 is 0 Å². The summed E-state index contributed by atoms with van der Waals surface area (Å²) in [6, 6.07) is 15.6. The lowest BCUT2D eigenvalue weighted by Crippen LogP contribution is -2.08. The molecule has 0 aliphatic carbocycles. The Labute approximate surface area is 114 Å². The lowest BCUT2D eigenvalue weighted by Gasteiger charge is -2.15. The highest BCUT2D eigenvalue weighted by molar-refractivity contribution is 5.62. The van der Waals surface area contributed by atoms with Crippen LogP contribution in [0, 0.1) is 0 Å². The average molecular weight is 257 g/mol. The predicted molar refractivity (Wildman–Crippen MR) is 77.4 cm³/mol. The smallest absolute Gasteiger partial charge is 0.146 e. The molecule has 3 heteroatoms. The first-order chi connectivity index (χ1) is 9.16. The summed E-state index contributed by atoms with van der Waals surface area (Å²) in [4.78, 5) is 0. The first-order valence-corrected chi connectivity index (χ1v) is 6.38. The normalized spacial score (nSPS) is 10.5. The van der Waals surface area contributed by atoms with Gasteiger partial charge in [-0.1, -0.05) is 36.4 Å². The number of hydrogen-bond acceptors (Lipinski definition) is 3. The summed E-state index contributed by atoms with van der Waals surface area (Å²) in [6.45, 7) is 4.43. The molecule has 3 nitrogen and oxygen atoms in total. The molecule has 2 aromatic rings. The zero-order chi connectivity index (χ0) is 13.7. The Morgan fingerprint density at radius 3 is 2.32 bits per heavy atom. The van der Waals surface area contributed by atoms with Crippen LogP contribution in [0.2, 0.25) is 0 Å². The fourth-order valence-corrected chi connectivity index (χ4v) is 1.74. The van der Waals surface area contributed by atoms with E-state index in [2.05, 4.69) is 0 Å². The van der Waals surface area contributed by atoms with E-state index >= 15 is 0 Å². The summed E-state index contributed by atoms with van der Waals surface area (Å²) in [6.07, 6.45) is 0.0895. The summed E-state index contributed by atoms with van der Waals surface area (Å²) in [7, 11) is 0.